The second-order valence-electron chi connectivity index (χ2n) is 10.0. The Labute approximate surface area is 208 Å². The smallest absolute Gasteiger partial charge is 0.306 e. The van der Waals surface area contributed by atoms with Crippen LogP contribution in [-0.4, -0.2) is 44.1 Å². The Bertz CT molecular complexity index is 1050. The molecule has 5 rings (SSSR count). The number of nitrogens with zero attached hydrogens (tertiary/aromatic N) is 2. The van der Waals surface area contributed by atoms with Gasteiger partial charge >= 0.3 is 5.97 Å². The van der Waals surface area contributed by atoms with Crippen LogP contribution < -0.4 is 4.90 Å². The highest BCUT2D eigenvalue weighted by Crippen LogP contribution is 2.61. The summed E-state index contributed by atoms with van der Waals surface area (Å²) in [5, 5.41) is 9.86. The lowest BCUT2D eigenvalue weighted by atomic mass is 9.71. The lowest BCUT2D eigenvalue weighted by Crippen LogP contribution is -2.45. The number of anilines is 2. The molecule has 1 aliphatic heterocycles. The first-order chi connectivity index (χ1) is 16.3. The van der Waals surface area contributed by atoms with Gasteiger partial charge in [0.15, 0.2) is 0 Å². The molecule has 0 saturated heterocycles. The van der Waals surface area contributed by atoms with Crippen LogP contribution in [0.25, 0.3) is 0 Å². The molecule has 2 fully saturated rings. The molecule has 2 saturated carbocycles. The zero-order valence-corrected chi connectivity index (χ0v) is 21.0. The summed E-state index contributed by atoms with van der Waals surface area (Å²) < 4.78 is 25.1. The van der Waals surface area contributed by atoms with Gasteiger partial charge in [0.2, 0.25) is 0 Å². The van der Waals surface area contributed by atoms with Gasteiger partial charge in [0.05, 0.1) is 16.5 Å². The van der Waals surface area contributed by atoms with Crippen molar-refractivity contribution in [2.45, 2.75) is 61.8 Å². The average Bonchev–Trinajstić information content (AvgIpc) is 2.87. The van der Waals surface area contributed by atoms with Gasteiger partial charge in [0, 0.05) is 30.3 Å². The monoisotopic (exact) mass is 504 g/mol. The maximum absolute atomic E-state index is 11.7. The van der Waals surface area contributed by atoms with Gasteiger partial charge in [-0.15, -0.1) is 10.8 Å². The maximum atomic E-state index is 11.7. The molecule has 0 spiro atoms. The fraction of sp³-hybridized carbons (Fsp3) is 0.500. The van der Waals surface area contributed by atoms with Crippen LogP contribution >= 0.6 is 22.4 Å². The number of halogens is 1. The van der Waals surface area contributed by atoms with Gasteiger partial charge in [0.1, 0.15) is 0 Å². The second kappa shape index (κ2) is 9.36. The fourth-order valence-electron chi connectivity index (χ4n) is 5.94. The van der Waals surface area contributed by atoms with Crippen LogP contribution in [0, 0.1) is 11.8 Å². The molecule has 34 heavy (non-hydrogen) atoms. The molecular weight excluding hydrogens is 472 g/mol. The van der Waals surface area contributed by atoms with Crippen molar-refractivity contribution in [1.82, 2.24) is 4.31 Å². The number of carboxylic acids is 1. The summed E-state index contributed by atoms with van der Waals surface area (Å²) in [7, 11) is -1.43. The van der Waals surface area contributed by atoms with Crippen molar-refractivity contribution in [2.75, 3.05) is 18.5 Å². The van der Waals surface area contributed by atoms with Crippen molar-refractivity contribution in [1.29, 1.82) is 0 Å². The van der Waals surface area contributed by atoms with Gasteiger partial charge in [-0.25, -0.2) is 0 Å². The average molecular weight is 505 g/mol. The highest BCUT2D eigenvalue weighted by atomic mass is 35.5. The van der Waals surface area contributed by atoms with E-state index in [0.717, 1.165) is 29.8 Å². The summed E-state index contributed by atoms with van der Waals surface area (Å²) in [5.41, 5.74) is 2.53. The minimum absolute atomic E-state index is 0.0137. The lowest BCUT2D eigenvalue weighted by Gasteiger charge is -2.46. The van der Waals surface area contributed by atoms with Gasteiger partial charge in [-0.1, -0.05) is 49.1 Å². The van der Waals surface area contributed by atoms with Crippen LogP contribution in [-0.2, 0) is 4.79 Å². The van der Waals surface area contributed by atoms with E-state index in [-0.39, 0.29) is 17.9 Å². The maximum Gasteiger partial charge on any atom is 0.306 e. The van der Waals surface area contributed by atoms with E-state index in [1.807, 2.05) is 53.8 Å². The molecule has 3 N–H and O–H groups in total. The third-order valence-corrected chi connectivity index (χ3v) is 10.4. The number of benzene rings is 2. The Morgan fingerprint density at radius 1 is 1.06 bits per heavy atom. The van der Waals surface area contributed by atoms with Gasteiger partial charge in [0.25, 0.3) is 0 Å². The number of hydrogen-bond donors (Lipinski definition) is 3. The van der Waals surface area contributed by atoms with Crippen molar-refractivity contribution in [3.63, 3.8) is 0 Å². The molecule has 0 bridgehead atoms. The summed E-state index contributed by atoms with van der Waals surface area (Å²) >= 11 is 6.77. The van der Waals surface area contributed by atoms with Crippen LogP contribution in [0.5, 0.6) is 0 Å². The Hall–Kier alpha value is -1.77. The molecule has 2 aromatic rings. The first-order valence-electron chi connectivity index (χ1n) is 12.2. The first-order valence-corrected chi connectivity index (χ1v) is 14.1. The number of carbonyl (C=O) groups is 1. The number of rotatable bonds is 4. The quantitative estimate of drug-likeness (QED) is 0.416. The Kier molecular flexibility index (Phi) is 6.59. The summed E-state index contributed by atoms with van der Waals surface area (Å²) in [4.78, 5) is 14.0. The number of aliphatic carboxylic acids is 1. The molecule has 1 atom stereocenters. The van der Waals surface area contributed by atoms with Gasteiger partial charge < -0.3 is 10.0 Å². The third kappa shape index (κ3) is 4.22. The van der Waals surface area contributed by atoms with Crippen LogP contribution in [0.1, 0.15) is 56.4 Å². The molecule has 184 valence electrons. The molecule has 3 aliphatic rings. The van der Waals surface area contributed by atoms with E-state index in [1.165, 1.54) is 19.3 Å². The van der Waals surface area contributed by atoms with E-state index in [2.05, 4.69) is 4.90 Å². The van der Waals surface area contributed by atoms with Crippen molar-refractivity contribution >= 4 is 39.7 Å². The first kappa shape index (κ1) is 23.9. The highest BCUT2D eigenvalue weighted by Gasteiger charge is 2.43. The standard InChI is InChI=1S/C26H33ClN2O4S/c1-28-24(17-8-4-2-5-9-17)16-29(20-10-6-3-7-11-20)23-15-22(27)21(14-25(23)34(28,32)33)18-12-19(13-18)26(30)31/h3,6-7,10-11,14-15,17-19,24,32-33H,2,4-5,8-9,12-13,16H2,1H3,(H,30,31). The van der Waals surface area contributed by atoms with Gasteiger partial charge in [-0.05, 0) is 67.3 Å². The van der Waals surface area contributed by atoms with Crippen molar-refractivity contribution in [3.8, 4) is 0 Å². The molecular formula is C26H33ClN2O4S. The molecule has 0 radical (unpaired) electrons. The normalized spacial score (nSPS) is 28.5. The number of carboxylic acid groups (broad SMARTS) is 1. The van der Waals surface area contributed by atoms with Crippen molar-refractivity contribution < 1.29 is 19.0 Å². The number of para-hydroxylation sites is 1. The summed E-state index contributed by atoms with van der Waals surface area (Å²) in [6.45, 7) is 0.647. The van der Waals surface area contributed by atoms with Gasteiger partial charge in [-0.3, -0.25) is 13.9 Å². The van der Waals surface area contributed by atoms with Crippen LogP contribution in [0.2, 0.25) is 5.02 Å². The Morgan fingerprint density at radius 3 is 2.38 bits per heavy atom. The molecule has 0 amide bonds. The van der Waals surface area contributed by atoms with E-state index in [4.69, 9.17) is 11.6 Å². The minimum atomic E-state index is -3.27. The zero-order chi connectivity index (χ0) is 24.0. The van der Waals surface area contributed by atoms with Crippen LogP contribution in [0.4, 0.5) is 11.4 Å². The zero-order valence-electron chi connectivity index (χ0n) is 19.4. The number of hydrogen-bond acceptors (Lipinski definition) is 5. The molecule has 6 nitrogen and oxygen atoms in total. The molecule has 1 unspecified atom stereocenters. The van der Waals surface area contributed by atoms with Crippen LogP contribution in [0.3, 0.4) is 0 Å². The van der Waals surface area contributed by atoms with Crippen molar-refractivity contribution in [2.24, 2.45) is 11.8 Å². The van der Waals surface area contributed by atoms with Crippen LogP contribution in [0.15, 0.2) is 47.4 Å². The predicted molar refractivity (Wildman–Crippen MR) is 137 cm³/mol. The molecule has 2 aromatic carbocycles. The molecule has 0 aromatic heterocycles. The van der Waals surface area contributed by atoms with E-state index >= 15 is 0 Å². The van der Waals surface area contributed by atoms with Crippen molar-refractivity contribution in [3.05, 3.63) is 53.1 Å². The summed E-state index contributed by atoms with van der Waals surface area (Å²) in [5.74, 6) is -0.735. The topological polar surface area (TPSA) is 84.2 Å². The SMILES string of the molecule is CN1C(C2CCCCC2)CN(c2ccccc2)c2cc(Cl)c(C3CC(C(=O)O)C3)cc2S1(O)O. The molecule has 1 heterocycles. The second-order valence-corrected chi connectivity index (χ2v) is 12.5. The van der Waals surface area contributed by atoms with E-state index in [0.29, 0.717) is 35.2 Å². The van der Waals surface area contributed by atoms with E-state index in [9.17, 15) is 19.0 Å². The van der Waals surface area contributed by atoms with E-state index < -0.39 is 16.7 Å². The Morgan fingerprint density at radius 2 is 1.74 bits per heavy atom. The third-order valence-electron chi connectivity index (χ3n) is 8.09. The Balaban J connectivity index is 1.60. The number of likely N-dealkylation sites (N-methyl/N-ethyl adjacent to an activating group) is 1. The summed E-state index contributed by atoms with van der Waals surface area (Å²) in [6, 6.07) is 13.7. The summed E-state index contributed by atoms with van der Waals surface area (Å²) in [6.07, 6.45) is 6.82. The van der Waals surface area contributed by atoms with E-state index in [1.54, 1.807) is 0 Å². The number of fused-ring (bicyclic) bond motifs is 1. The highest BCUT2D eigenvalue weighted by molar-refractivity contribution is 8.22. The van der Waals surface area contributed by atoms with Gasteiger partial charge in [-0.2, -0.15) is 4.31 Å². The molecule has 2 aliphatic carbocycles. The minimum Gasteiger partial charge on any atom is -0.481 e. The predicted octanol–water partition coefficient (Wildman–Crippen LogP) is 6.98. The largest absolute Gasteiger partial charge is 0.481 e. The lowest BCUT2D eigenvalue weighted by molar-refractivity contribution is -0.145. The molecule has 8 heteroatoms. The fourth-order valence-corrected chi connectivity index (χ4v) is 7.91.